The van der Waals surface area contributed by atoms with Crippen molar-refractivity contribution in [1.82, 2.24) is 0 Å². The molecule has 0 spiro atoms. The van der Waals surface area contributed by atoms with Gasteiger partial charge in [0.25, 0.3) is 0 Å². The molecule has 0 amide bonds. The van der Waals surface area contributed by atoms with Crippen molar-refractivity contribution in [2.24, 2.45) is 0 Å². The summed E-state index contributed by atoms with van der Waals surface area (Å²) >= 11 is -0.279. The van der Waals surface area contributed by atoms with Gasteiger partial charge in [-0.05, 0) is 0 Å². The van der Waals surface area contributed by atoms with Gasteiger partial charge in [0, 0.05) is 0 Å². The number of carbonyl (C=O) groups excluding carboxylic acids is 1. The third kappa shape index (κ3) is 6.36. The molecule has 86 valence electrons. The molecule has 0 aliphatic rings. The summed E-state index contributed by atoms with van der Waals surface area (Å²) in [5.41, 5.74) is 1.06. The van der Waals surface area contributed by atoms with Gasteiger partial charge < -0.3 is 0 Å². The van der Waals surface area contributed by atoms with Gasteiger partial charge in [0.1, 0.15) is 0 Å². The van der Waals surface area contributed by atoms with E-state index in [9.17, 15) is 4.79 Å². The van der Waals surface area contributed by atoms with Crippen LogP contribution in [0.25, 0.3) is 6.08 Å². The fourth-order valence-corrected chi connectivity index (χ4v) is 1.55. The summed E-state index contributed by atoms with van der Waals surface area (Å²) in [6.45, 7) is 0.234. The zero-order valence-electron chi connectivity index (χ0n) is 9.08. The molecule has 0 atom stereocenters. The van der Waals surface area contributed by atoms with Crippen LogP contribution < -0.4 is 0 Å². The van der Waals surface area contributed by atoms with Crippen LogP contribution in [0.5, 0.6) is 0 Å². The molecule has 0 aliphatic carbocycles. The summed E-state index contributed by atoms with van der Waals surface area (Å²) in [7, 11) is 0. The molecule has 1 rings (SSSR count). The fraction of sp³-hybridized carbons (Fsp3) is 0.0769. The quantitative estimate of drug-likeness (QED) is 0.473. The second-order valence-electron chi connectivity index (χ2n) is 2.95. The maximum absolute atomic E-state index is 11.1. The Morgan fingerprint density at radius 3 is 2.88 bits per heavy atom. The number of rotatable bonds is 5. The monoisotopic (exact) mass is 293 g/mol. The fourth-order valence-electron chi connectivity index (χ4n) is 1.05. The van der Waals surface area contributed by atoms with Crippen LogP contribution in [0.2, 0.25) is 0 Å². The zero-order chi connectivity index (χ0) is 12.3. The summed E-state index contributed by atoms with van der Waals surface area (Å²) in [4.78, 5) is 14.6. The predicted molar refractivity (Wildman–Crippen MR) is 66.9 cm³/mol. The molecule has 1 aromatic rings. The van der Waals surface area contributed by atoms with Crippen LogP contribution in [-0.2, 0) is 9.53 Å². The third-order valence-electron chi connectivity index (χ3n) is 1.76. The maximum atomic E-state index is 11.1. The Balaban J connectivity index is 2.26. The number of nitriles is 1. The summed E-state index contributed by atoms with van der Waals surface area (Å²) in [6, 6.07) is 9.76. The van der Waals surface area contributed by atoms with Crippen LogP contribution >= 0.6 is 0 Å². The molecule has 0 bridgehead atoms. The van der Waals surface area contributed by atoms with E-state index >= 15 is 0 Å². The number of ether oxygens (including phenoxy) is 1. The SMILES string of the molecule is N#C[Se]/C=C\C(=O)OCC=Cc1ccccc1. The Hall–Kier alpha value is -1.82. The molecule has 0 fully saturated rings. The molecule has 0 N–H and O–H groups in total. The number of benzene rings is 1. The summed E-state index contributed by atoms with van der Waals surface area (Å²) in [5, 5.41) is 8.28. The van der Waals surface area contributed by atoms with Gasteiger partial charge in [0.05, 0.1) is 0 Å². The first-order chi connectivity index (χ1) is 8.33. The van der Waals surface area contributed by atoms with Crippen molar-refractivity contribution >= 4 is 27.0 Å². The van der Waals surface area contributed by atoms with Gasteiger partial charge >= 0.3 is 106 Å². The Morgan fingerprint density at radius 2 is 2.18 bits per heavy atom. The molecule has 0 unspecified atom stereocenters. The molecule has 1 aromatic carbocycles. The molecular formula is C13H11NO2Se. The van der Waals surface area contributed by atoms with Crippen molar-refractivity contribution < 1.29 is 9.53 Å². The first-order valence-corrected chi connectivity index (χ1v) is 6.77. The van der Waals surface area contributed by atoms with E-state index in [-0.39, 0.29) is 21.6 Å². The van der Waals surface area contributed by atoms with E-state index in [2.05, 4.69) is 0 Å². The van der Waals surface area contributed by atoms with E-state index in [1.54, 1.807) is 6.08 Å². The van der Waals surface area contributed by atoms with Crippen molar-refractivity contribution in [2.75, 3.05) is 6.61 Å². The van der Waals surface area contributed by atoms with Gasteiger partial charge in [-0.2, -0.15) is 0 Å². The Bertz CT molecular complexity index is 446. The minimum atomic E-state index is -0.417. The molecule has 0 saturated carbocycles. The predicted octanol–water partition coefficient (Wildman–Crippen LogP) is 1.94. The molecule has 0 radical (unpaired) electrons. The summed E-state index contributed by atoms with van der Waals surface area (Å²) < 4.78 is 4.90. The van der Waals surface area contributed by atoms with Crippen molar-refractivity contribution in [1.29, 1.82) is 5.26 Å². The second-order valence-corrected chi connectivity index (χ2v) is 4.40. The van der Waals surface area contributed by atoms with E-state index in [0.29, 0.717) is 0 Å². The van der Waals surface area contributed by atoms with E-state index < -0.39 is 5.97 Å². The van der Waals surface area contributed by atoms with E-state index in [4.69, 9.17) is 10.00 Å². The Labute approximate surface area is 107 Å². The summed E-state index contributed by atoms with van der Waals surface area (Å²) in [5.74, 6) is -0.417. The third-order valence-corrected chi connectivity index (χ3v) is 2.55. The molecule has 0 aliphatic heterocycles. The number of hydrogen-bond donors (Lipinski definition) is 0. The zero-order valence-corrected chi connectivity index (χ0v) is 10.8. The van der Waals surface area contributed by atoms with Gasteiger partial charge in [-0.15, -0.1) is 0 Å². The molecule has 17 heavy (non-hydrogen) atoms. The average Bonchev–Trinajstić information content (AvgIpc) is 2.36. The van der Waals surface area contributed by atoms with Crippen LogP contribution in [0.4, 0.5) is 0 Å². The van der Waals surface area contributed by atoms with Gasteiger partial charge in [0.15, 0.2) is 0 Å². The Morgan fingerprint density at radius 1 is 1.41 bits per heavy atom. The van der Waals surface area contributed by atoms with Gasteiger partial charge in [-0.25, -0.2) is 0 Å². The molecule has 4 heteroatoms. The topological polar surface area (TPSA) is 50.1 Å². The van der Waals surface area contributed by atoms with E-state index in [1.165, 1.54) is 11.1 Å². The standard InChI is InChI=1S/C13H11NO2Se/c14-11-17-10-8-13(15)16-9-4-7-12-5-2-1-3-6-12/h1-8,10H,9H2/b7-4?,10-8-. The normalized spacial score (nSPS) is 10.5. The van der Waals surface area contributed by atoms with Crippen LogP contribution in [0, 0.1) is 10.2 Å². The second kappa shape index (κ2) is 8.35. The minimum absolute atomic E-state index is 0.234. The van der Waals surface area contributed by atoms with Crippen molar-refractivity contribution in [3.8, 4) is 4.97 Å². The molecule has 0 saturated heterocycles. The van der Waals surface area contributed by atoms with Crippen LogP contribution in [0.15, 0.2) is 47.5 Å². The number of nitrogens with zero attached hydrogens (tertiary/aromatic N) is 1. The van der Waals surface area contributed by atoms with Crippen molar-refractivity contribution in [2.45, 2.75) is 0 Å². The molecule has 0 aromatic heterocycles. The van der Waals surface area contributed by atoms with E-state index in [0.717, 1.165) is 5.56 Å². The summed E-state index contributed by atoms with van der Waals surface area (Å²) in [6.07, 6.45) is 4.95. The first-order valence-electron chi connectivity index (χ1n) is 4.92. The van der Waals surface area contributed by atoms with Crippen LogP contribution in [0.1, 0.15) is 5.56 Å². The first kappa shape index (κ1) is 13.2. The molecule has 3 nitrogen and oxygen atoms in total. The number of hydrogen-bond acceptors (Lipinski definition) is 3. The van der Waals surface area contributed by atoms with Crippen LogP contribution in [-0.4, -0.2) is 27.5 Å². The Kier molecular flexibility index (Phi) is 6.50. The number of carbonyl (C=O) groups is 1. The van der Waals surface area contributed by atoms with E-state index in [1.807, 2.05) is 41.4 Å². The van der Waals surface area contributed by atoms with Gasteiger partial charge in [0.2, 0.25) is 0 Å². The van der Waals surface area contributed by atoms with Crippen molar-refractivity contribution in [3.05, 3.63) is 53.0 Å². The molecular weight excluding hydrogens is 281 g/mol. The van der Waals surface area contributed by atoms with Crippen LogP contribution in [0.3, 0.4) is 0 Å². The number of esters is 1. The molecule has 0 heterocycles. The average molecular weight is 292 g/mol. The van der Waals surface area contributed by atoms with Gasteiger partial charge in [-0.3, -0.25) is 0 Å². The van der Waals surface area contributed by atoms with Crippen molar-refractivity contribution in [3.63, 3.8) is 0 Å². The van der Waals surface area contributed by atoms with Gasteiger partial charge in [-0.1, -0.05) is 0 Å².